The Balaban J connectivity index is 1.43. The highest BCUT2D eigenvalue weighted by atomic mass is 35.5. The van der Waals surface area contributed by atoms with Crippen molar-refractivity contribution in [3.63, 3.8) is 0 Å². The van der Waals surface area contributed by atoms with Crippen LogP contribution in [0, 0.1) is 0 Å². The molecule has 2 amide bonds. The summed E-state index contributed by atoms with van der Waals surface area (Å²) in [6.07, 6.45) is 5.88. The average Bonchev–Trinajstić information content (AvgIpc) is 2.73. The van der Waals surface area contributed by atoms with Gasteiger partial charge in [-0.25, -0.2) is 0 Å². The van der Waals surface area contributed by atoms with Gasteiger partial charge in [-0.15, -0.1) is 0 Å². The van der Waals surface area contributed by atoms with Crippen molar-refractivity contribution in [2.75, 3.05) is 13.1 Å². The topological polar surface area (TPSA) is 49.4 Å². The third-order valence-electron chi connectivity index (χ3n) is 5.05. The van der Waals surface area contributed by atoms with E-state index in [0.717, 1.165) is 24.8 Å². The maximum atomic E-state index is 12.4. The largest absolute Gasteiger partial charge is 0.353 e. The standard InChI is InChI=1S/C23H24Cl2N2O2/c24-20-7-4-8-21(25)19(20)10-12-23(29)27-15-13-18(14-16-27)26-22(28)11-9-17-5-2-1-3-6-17/h1-8,10,12,18H,9,11,13-16H2,(H,26,28). The van der Waals surface area contributed by atoms with E-state index in [2.05, 4.69) is 5.32 Å². The molecule has 3 rings (SSSR count). The minimum Gasteiger partial charge on any atom is -0.353 e. The van der Waals surface area contributed by atoms with E-state index in [1.54, 1.807) is 29.2 Å². The molecule has 1 N–H and O–H groups in total. The summed E-state index contributed by atoms with van der Waals surface area (Å²) in [5.74, 6) is -0.0123. The van der Waals surface area contributed by atoms with E-state index in [1.165, 1.54) is 6.08 Å². The Kier molecular flexibility index (Phi) is 7.73. The van der Waals surface area contributed by atoms with Gasteiger partial charge in [0.25, 0.3) is 0 Å². The van der Waals surface area contributed by atoms with E-state index < -0.39 is 0 Å². The molecular weight excluding hydrogens is 407 g/mol. The Morgan fingerprint density at radius 2 is 1.66 bits per heavy atom. The summed E-state index contributed by atoms with van der Waals surface area (Å²) in [6.45, 7) is 1.23. The molecule has 0 saturated carbocycles. The average molecular weight is 431 g/mol. The number of amides is 2. The number of carbonyl (C=O) groups excluding carboxylic acids is 2. The molecular formula is C23H24Cl2N2O2. The highest BCUT2D eigenvalue weighted by molar-refractivity contribution is 6.37. The Hall–Kier alpha value is -2.30. The van der Waals surface area contributed by atoms with E-state index in [-0.39, 0.29) is 17.9 Å². The molecule has 1 fully saturated rings. The lowest BCUT2D eigenvalue weighted by Crippen LogP contribution is -2.46. The number of hydrogen-bond donors (Lipinski definition) is 1. The number of nitrogens with zero attached hydrogens (tertiary/aromatic N) is 1. The van der Waals surface area contributed by atoms with Gasteiger partial charge in [-0.1, -0.05) is 59.6 Å². The number of hydrogen-bond acceptors (Lipinski definition) is 2. The molecule has 2 aromatic carbocycles. The molecule has 4 nitrogen and oxygen atoms in total. The molecule has 29 heavy (non-hydrogen) atoms. The second kappa shape index (κ2) is 10.5. The smallest absolute Gasteiger partial charge is 0.246 e. The Bertz CT molecular complexity index is 855. The molecule has 0 atom stereocenters. The maximum absolute atomic E-state index is 12.4. The lowest BCUT2D eigenvalue weighted by Gasteiger charge is -2.31. The number of carbonyl (C=O) groups is 2. The van der Waals surface area contributed by atoms with Crippen molar-refractivity contribution in [3.05, 3.63) is 75.8 Å². The maximum Gasteiger partial charge on any atom is 0.246 e. The monoisotopic (exact) mass is 430 g/mol. The number of halogens is 2. The molecule has 2 aromatic rings. The van der Waals surface area contributed by atoms with Gasteiger partial charge in [0.1, 0.15) is 0 Å². The second-order valence-electron chi connectivity index (χ2n) is 7.12. The molecule has 0 aliphatic carbocycles. The van der Waals surface area contributed by atoms with E-state index in [1.807, 2.05) is 30.3 Å². The Labute approximate surface area is 181 Å². The quantitative estimate of drug-likeness (QED) is 0.672. The van der Waals surface area contributed by atoms with E-state index in [4.69, 9.17) is 23.2 Å². The van der Waals surface area contributed by atoms with Crippen molar-refractivity contribution in [2.24, 2.45) is 0 Å². The highest BCUT2D eigenvalue weighted by Crippen LogP contribution is 2.25. The van der Waals surface area contributed by atoms with Crippen molar-refractivity contribution in [1.29, 1.82) is 0 Å². The molecule has 1 heterocycles. The van der Waals surface area contributed by atoms with E-state index >= 15 is 0 Å². The van der Waals surface area contributed by atoms with Gasteiger partial charge >= 0.3 is 0 Å². The highest BCUT2D eigenvalue weighted by Gasteiger charge is 2.22. The number of aryl methyl sites for hydroxylation is 1. The summed E-state index contributed by atoms with van der Waals surface area (Å²) in [4.78, 5) is 26.4. The summed E-state index contributed by atoms with van der Waals surface area (Å²) in [5, 5.41) is 4.12. The van der Waals surface area contributed by atoms with Crippen molar-refractivity contribution in [3.8, 4) is 0 Å². The zero-order chi connectivity index (χ0) is 20.6. The fraction of sp³-hybridized carbons (Fsp3) is 0.304. The van der Waals surface area contributed by atoms with Gasteiger partial charge in [0.05, 0.1) is 0 Å². The second-order valence-corrected chi connectivity index (χ2v) is 7.94. The number of benzene rings is 2. The van der Waals surface area contributed by atoms with Gasteiger partial charge in [-0.2, -0.15) is 0 Å². The molecule has 152 valence electrons. The summed E-state index contributed by atoms with van der Waals surface area (Å²) >= 11 is 12.3. The molecule has 0 aromatic heterocycles. The first-order chi connectivity index (χ1) is 14.0. The first kappa shape index (κ1) is 21.4. The minimum absolute atomic E-state index is 0.0619. The van der Waals surface area contributed by atoms with Crippen molar-refractivity contribution < 1.29 is 9.59 Å². The predicted molar refractivity (Wildman–Crippen MR) is 118 cm³/mol. The molecule has 1 aliphatic heterocycles. The van der Waals surface area contributed by atoms with Crippen LogP contribution in [0.5, 0.6) is 0 Å². The molecule has 1 saturated heterocycles. The van der Waals surface area contributed by atoms with Crippen LogP contribution in [0.25, 0.3) is 6.08 Å². The fourth-order valence-electron chi connectivity index (χ4n) is 3.38. The van der Waals surface area contributed by atoms with E-state index in [0.29, 0.717) is 35.1 Å². The van der Waals surface area contributed by atoms with Crippen LogP contribution in [-0.4, -0.2) is 35.8 Å². The van der Waals surface area contributed by atoms with Crippen LogP contribution < -0.4 is 5.32 Å². The summed E-state index contributed by atoms with van der Waals surface area (Å²) in [7, 11) is 0. The van der Waals surface area contributed by atoms with Gasteiger partial charge in [0, 0.05) is 47.2 Å². The SMILES string of the molecule is O=C(CCc1ccccc1)NC1CCN(C(=O)C=Cc2c(Cl)cccc2Cl)CC1. The van der Waals surface area contributed by atoms with Gasteiger partial charge in [-0.05, 0) is 43.0 Å². The lowest BCUT2D eigenvalue weighted by atomic mass is 10.0. The van der Waals surface area contributed by atoms with Crippen LogP contribution in [0.15, 0.2) is 54.6 Å². The zero-order valence-electron chi connectivity index (χ0n) is 16.1. The number of rotatable bonds is 6. The normalized spacial score (nSPS) is 14.9. The van der Waals surface area contributed by atoms with Gasteiger partial charge in [-0.3, -0.25) is 9.59 Å². The van der Waals surface area contributed by atoms with Crippen molar-refractivity contribution in [2.45, 2.75) is 31.7 Å². The minimum atomic E-state index is -0.0742. The molecule has 0 bridgehead atoms. The first-order valence-corrected chi connectivity index (χ1v) is 10.5. The summed E-state index contributed by atoms with van der Waals surface area (Å²) < 4.78 is 0. The van der Waals surface area contributed by atoms with Crippen molar-refractivity contribution in [1.82, 2.24) is 10.2 Å². The molecule has 1 aliphatic rings. The molecule has 0 radical (unpaired) electrons. The Morgan fingerprint density at radius 3 is 2.31 bits per heavy atom. The summed E-state index contributed by atoms with van der Waals surface area (Å²) in [6, 6.07) is 15.3. The van der Waals surface area contributed by atoms with Crippen LogP contribution in [0.3, 0.4) is 0 Å². The fourth-order valence-corrected chi connectivity index (χ4v) is 3.90. The summed E-state index contributed by atoms with van der Waals surface area (Å²) in [5.41, 5.74) is 1.80. The molecule has 0 spiro atoms. The molecule has 0 unspecified atom stereocenters. The first-order valence-electron chi connectivity index (χ1n) is 9.77. The van der Waals surface area contributed by atoms with E-state index in [9.17, 15) is 9.59 Å². The van der Waals surface area contributed by atoms with Crippen LogP contribution in [0.1, 0.15) is 30.4 Å². The third-order valence-corrected chi connectivity index (χ3v) is 5.71. The van der Waals surface area contributed by atoms with Gasteiger partial charge in [0.15, 0.2) is 0 Å². The van der Waals surface area contributed by atoms with Gasteiger partial charge in [0.2, 0.25) is 11.8 Å². The third kappa shape index (κ3) is 6.34. The lowest BCUT2D eigenvalue weighted by molar-refractivity contribution is -0.127. The zero-order valence-corrected chi connectivity index (χ0v) is 17.6. The Morgan fingerprint density at radius 1 is 1.00 bits per heavy atom. The van der Waals surface area contributed by atoms with Crippen LogP contribution in [0.4, 0.5) is 0 Å². The van der Waals surface area contributed by atoms with Crippen LogP contribution >= 0.6 is 23.2 Å². The number of likely N-dealkylation sites (tertiary alicyclic amines) is 1. The predicted octanol–water partition coefficient (Wildman–Crippen LogP) is 4.75. The van der Waals surface area contributed by atoms with Crippen LogP contribution in [-0.2, 0) is 16.0 Å². The number of piperidine rings is 1. The van der Waals surface area contributed by atoms with Crippen LogP contribution in [0.2, 0.25) is 10.0 Å². The molecule has 6 heteroatoms. The van der Waals surface area contributed by atoms with Crippen molar-refractivity contribution >= 4 is 41.1 Å². The van der Waals surface area contributed by atoms with Gasteiger partial charge < -0.3 is 10.2 Å². The number of nitrogens with one attached hydrogen (secondary N) is 1.